The third kappa shape index (κ3) is 7.67. The molecule has 0 aromatic heterocycles. The van der Waals surface area contributed by atoms with E-state index in [2.05, 4.69) is 14.5 Å². The molecule has 4 aromatic rings. The summed E-state index contributed by atoms with van der Waals surface area (Å²) in [4.78, 5) is 4.61. The minimum atomic E-state index is -4.72. The summed E-state index contributed by atoms with van der Waals surface area (Å²) in [6.07, 6.45) is -4.72. The molecule has 0 N–H and O–H groups in total. The summed E-state index contributed by atoms with van der Waals surface area (Å²) in [6.45, 7) is 5.27. The lowest BCUT2D eigenvalue weighted by atomic mass is 10.2. The number of aryl methyl sites for hydroxylation is 1. The normalized spacial score (nSPS) is 14.0. The van der Waals surface area contributed by atoms with Crippen molar-refractivity contribution in [3.8, 4) is 17.2 Å². The zero-order chi connectivity index (χ0) is 29.7. The van der Waals surface area contributed by atoms with Crippen molar-refractivity contribution in [2.45, 2.75) is 24.8 Å². The Morgan fingerprint density at radius 1 is 0.667 bits per heavy atom. The molecule has 0 amide bonds. The maximum Gasteiger partial charge on any atom is 0.573 e. The van der Waals surface area contributed by atoms with Gasteiger partial charge in [0.15, 0.2) is 0 Å². The minimum Gasteiger partial charge on any atom is -0.489 e. The van der Waals surface area contributed by atoms with Gasteiger partial charge in [0.2, 0.25) is 0 Å². The van der Waals surface area contributed by atoms with E-state index in [1.807, 2.05) is 43.3 Å². The van der Waals surface area contributed by atoms with Gasteiger partial charge in [0, 0.05) is 37.6 Å². The van der Waals surface area contributed by atoms with Crippen molar-refractivity contribution in [1.29, 1.82) is 0 Å². The Labute approximate surface area is 242 Å². The average molecular weight is 599 g/mol. The van der Waals surface area contributed by atoms with Crippen LogP contribution in [0.3, 0.4) is 0 Å². The van der Waals surface area contributed by atoms with E-state index in [4.69, 9.17) is 8.92 Å². The molecule has 1 aliphatic heterocycles. The van der Waals surface area contributed by atoms with Crippen LogP contribution in [-0.2, 0) is 16.7 Å². The number of rotatable bonds is 9. The fourth-order valence-electron chi connectivity index (χ4n) is 4.52. The molecular formula is C31H29F3N2O5S. The number of halogens is 3. The Morgan fingerprint density at radius 2 is 1.14 bits per heavy atom. The predicted molar refractivity (Wildman–Crippen MR) is 154 cm³/mol. The highest BCUT2D eigenvalue weighted by Gasteiger charge is 2.31. The van der Waals surface area contributed by atoms with E-state index in [1.165, 1.54) is 36.4 Å². The maximum atomic E-state index is 12.6. The van der Waals surface area contributed by atoms with Crippen LogP contribution in [0.2, 0.25) is 0 Å². The summed E-state index contributed by atoms with van der Waals surface area (Å²) in [6, 6.07) is 26.8. The first-order chi connectivity index (χ1) is 20.0. The standard InChI is InChI=1S/C31H29F3N2O5S/c1-23-2-16-30(17-3-23)42(37,38)41-29-14-8-26(9-15-29)36-20-18-35(19-21-36)25-6-12-27(13-7-25)39-22-24-4-10-28(11-5-24)40-31(32,33)34/h2-17H,18-22H2,1H3. The van der Waals surface area contributed by atoms with E-state index in [-0.39, 0.29) is 23.0 Å². The van der Waals surface area contributed by atoms with Gasteiger partial charge < -0.3 is 23.5 Å². The first kappa shape index (κ1) is 29.1. The molecule has 42 heavy (non-hydrogen) atoms. The van der Waals surface area contributed by atoms with Gasteiger partial charge in [-0.2, -0.15) is 8.42 Å². The SMILES string of the molecule is Cc1ccc(S(=O)(=O)Oc2ccc(N3CCN(c4ccc(OCc5ccc(OC(F)(F)F)cc5)cc4)CC3)cc2)cc1. The van der Waals surface area contributed by atoms with Crippen LogP contribution in [0.15, 0.2) is 102 Å². The molecule has 4 aromatic carbocycles. The Balaban J connectivity index is 1.10. The van der Waals surface area contributed by atoms with Crippen LogP contribution in [0.25, 0.3) is 0 Å². The summed E-state index contributed by atoms with van der Waals surface area (Å²) in [7, 11) is -3.90. The second-order valence-corrected chi connectivity index (χ2v) is 11.3. The van der Waals surface area contributed by atoms with Gasteiger partial charge in [-0.3, -0.25) is 0 Å². The number of piperazine rings is 1. The molecule has 220 valence electrons. The number of hydrogen-bond donors (Lipinski definition) is 0. The molecule has 0 bridgehead atoms. The molecule has 11 heteroatoms. The summed E-state index contributed by atoms with van der Waals surface area (Å²) < 4.78 is 77.0. The van der Waals surface area contributed by atoms with Crippen molar-refractivity contribution in [1.82, 2.24) is 0 Å². The van der Waals surface area contributed by atoms with Crippen molar-refractivity contribution in [3.05, 3.63) is 108 Å². The minimum absolute atomic E-state index is 0.112. The molecule has 0 saturated carbocycles. The van der Waals surface area contributed by atoms with Gasteiger partial charge in [0.1, 0.15) is 28.8 Å². The number of benzene rings is 4. The van der Waals surface area contributed by atoms with Crippen LogP contribution in [0.5, 0.6) is 17.2 Å². The van der Waals surface area contributed by atoms with Gasteiger partial charge in [-0.15, -0.1) is 13.2 Å². The first-order valence-electron chi connectivity index (χ1n) is 13.2. The van der Waals surface area contributed by atoms with Crippen molar-refractivity contribution in [2.75, 3.05) is 36.0 Å². The molecule has 1 heterocycles. The molecule has 7 nitrogen and oxygen atoms in total. The van der Waals surface area contributed by atoms with E-state index < -0.39 is 16.5 Å². The van der Waals surface area contributed by atoms with E-state index >= 15 is 0 Å². The Hall–Kier alpha value is -4.38. The van der Waals surface area contributed by atoms with E-state index in [0.717, 1.165) is 48.7 Å². The fourth-order valence-corrected chi connectivity index (χ4v) is 5.45. The van der Waals surface area contributed by atoms with Crippen molar-refractivity contribution in [3.63, 3.8) is 0 Å². The summed E-state index contributed by atoms with van der Waals surface area (Å²) >= 11 is 0. The topological polar surface area (TPSA) is 68.3 Å². The van der Waals surface area contributed by atoms with Gasteiger partial charge in [0.05, 0.1) is 0 Å². The lowest BCUT2D eigenvalue weighted by Crippen LogP contribution is -2.46. The Morgan fingerprint density at radius 3 is 1.64 bits per heavy atom. The third-order valence-electron chi connectivity index (χ3n) is 6.76. The van der Waals surface area contributed by atoms with Gasteiger partial charge >= 0.3 is 16.5 Å². The smallest absolute Gasteiger partial charge is 0.489 e. The van der Waals surface area contributed by atoms with Crippen LogP contribution in [0, 0.1) is 6.92 Å². The monoisotopic (exact) mass is 598 g/mol. The van der Waals surface area contributed by atoms with Crippen LogP contribution < -0.4 is 23.5 Å². The van der Waals surface area contributed by atoms with Gasteiger partial charge in [-0.1, -0.05) is 29.8 Å². The summed E-state index contributed by atoms with van der Waals surface area (Å²) in [5.41, 5.74) is 3.72. The summed E-state index contributed by atoms with van der Waals surface area (Å²) in [5.74, 6) is 0.638. The Bertz CT molecular complexity index is 1570. The van der Waals surface area contributed by atoms with E-state index in [0.29, 0.717) is 5.75 Å². The molecule has 0 unspecified atom stereocenters. The molecule has 5 rings (SSSR count). The quantitative estimate of drug-likeness (QED) is 0.202. The maximum absolute atomic E-state index is 12.6. The molecule has 1 saturated heterocycles. The van der Waals surface area contributed by atoms with Crippen LogP contribution >= 0.6 is 0 Å². The number of ether oxygens (including phenoxy) is 2. The highest BCUT2D eigenvalue weighted by atomic mass is 32.2. The second-order valence-electron chi connectivity index (χ2n) is 9.79. The largest absolute Gasteiger partial charge is 0.573 e. The Kier molecular flexibility index (Phi) is 8.49. The van der Waals surface area contributed by atoms with Gasteiger partial charge in [0.25, 0.3) is 0 Å². The number of nitrogens with zero attached hydrogens (tertiary/aromatic N) is 2. The molecule has 0 atom stereocenters. The van der Waals surface area contributed by atoms with Crippen LogP contribution in [0.4, 0.5) is 24.5 Å². The molecular weight excluding hydrogens is 569 g/mol. The molecule has 0 spiro atoms. The summed E-state index contributed by atoms with van der Waals surface area (Å²) in [5, 5.41) is 0. The van der Waals surface area contributed by atoms with Crippen molar-refractivity contribution < 1.29 is 35.2 Å². The van der Waals surface area contributed by atoms with Crippen molar-refractivity contribution >= 4 is 21.5 Å². The predicted octanol–water partition coefficient (Wildman–Crippen LogP) is 6.57. The molecule has 1 fully saturated rings. The highest BCUT2D eigenvalue weighted by Crippen LogP contribution is 2.27. The number of hydrogen-bond acceptors (Lipinski definition) is 7. The lowest BCUT2D eigenvalue weighted by Gasteiger charge is -2.37. The first-order valence-corrected chi connectivity index (χ1v) is 14.6. The zero-order valence-corrected chi connectivity index (χ0v) is 23.6. The van der Waals surface area contributed by atoms with Gasteiger partial charge in [-0.05, 0) is 85.3 Å². The zero-order valence-electron chi connectivity index (χ0n) is 22.8. The fraction of sp³-hybridized carbons (Fsp3) is 0.226. The van der Waals surface area contributed by atoms with E-state index in [9.17, 15) is 21.6 Å². The van der Waals surface area contributed by atoms with Crippen LogP contribution in [-0.4, -0.2) is 41.0 Å². The van der Waals surface area contributed by atoms with Crippen molar-refractivity contribution in [2.24, 2.45) is 0 Å². The van der Waals surface area contributed by atoms with Gasteiger partial charge in [-0.25, -0.2) is 0 Å². The lowest BCUT2D eigenvalue weighted by molar-refractivity contribution is -0.274. The number of alkyl halides is 3. The average Bonchev–Trinajstić information content (AvgIpc) is 2.97. The van der Waals surface area contributed by atoms with Crippen LogP contribution in [0.1, 0.15) is 11.1 Å². The number of anilines is 2. The highest BCUT2D eigenvalue weighted by molar-refractivity contribution is 7.87. The molecule has 1 aliphatic rings. The molecule has 0 aliphatic carbocycles. The third-order valence-corrected chi connectivity index (χ3v) is 8.02. The van der Waals surface area contributed by atoms with E-state index in [1.54, 1.807) is 24.3 Å². The molecule has 0 radical (unpaired) electrons. The second kappa shape index (κ2) is 12.2.